The molecule has 1 aliphatic heterocycles. The monoisotopic (exact) mass is 349 g/mol. The number of hydrogen-bond donors (Lipinski definition) is 2. The molecule has 130 valence electrons. The van der Waals surface area contributed by atoms with Crippen LogP contribution in [0.1, 0.15) is 6.42 Å². The van der Waals surface area contributed by atoms with Crippen molar-refractivity contribution < 1.29 is 9.59 Å². The number of hydrogen-bond acceptors (Lipinski definition) is 6. The second-order valence-electron chi connectivity index (χ2n) is 5.76. The van der Waals surface area contributed by atoms with Crippen LogP contribution in [0.3, 0.4) is 0 Å². The average Bonchev–Trinajstić information content (AvgIpc) is 3.28. The Labute approximate surface area is 148 Å². The maximum atomic E-state index is 12.6. The predicted octanol–water partition coefficient (Wildman–Crippen LogP) is 0.788. The number of nitrogens with zero attached hydrogens (tertiary/aromatic N) is 5. The Morgan fingerprint density at radius 2 is 1.85 bits per heavy atom. The van der Waals surface area contributed by atoms with Gasteiger partial charge in [-0.2, -0.15) is 5.10 Å². The number of fused-ring (bicyclic) bond motifs is 1. The number of amides is 2. The summed E-state index contributed by atoms with van der Waals surface area (Å²) in [5.74, 6) is -0.719. The molecule has 0 aliphatic carbocycles. The summed E-state index contributed by atoms with van der Waals surface area (Å²) in [5, 5.41) is 16.4. The van der Waals surface area contributed by atoms with E-state index in [0.717, 1.165) is 0 Å². The lowest BCUT2D eigenvalue weighted by atomic mass is 10.1. The Hall–Kier alpha value is -3.75. The third kappa shape index (κ3) is 2.75. The minimum atomic E-state index is -0.715. The van der Waals surface area contributed by atoms with Crippen LogP contribution in [0, 0.1) is 0 Å². The fraction of sp³-hybridized carbons (Fsp3) is 0.118. The zero-order valence-corrected chi connectivity index (χ0v) is 13.6. The number of carbonyl (C=O) groups is 2. The number of nitrogens with one attached hydrogen (secondary N) is 1. The summed E-state index contributed by atoms with van der Waals surface area (Å²) in [7, 11) is 0. The number of aromatic nitrogens is 3. The molecule has 9 heteroatoms. The van der Waals surface area contributed by atoms with E-state index in [1.807, 2.05) is 24.3 Å². The summed E-state index contributed by atoms with van der Waals surface area (Å²) in [4.78, 5) is 24.4. The quantitative estimate of drug-likeness (QED) is 0.722. The molecule has 3 N–H and O–H groups in total. The molecule has 0 bridgehead atoms. The highest BCUT2D eigenvalue weighted by atomic mass is 16.2. The second kappa shape index (κ2) is 6.28. The Kier molecular flexibility index (Phi) is 3.81. The lowest BCUT2D eigenvalue weighted by Crippen LogP contribution is -2.39. The van der Waals surface area contributed by atoms with Crippen LogP contribution in [0.4, 0.5) is 11.6 Å². The van der Waals surface area contributed by atoms with Gasteiger partial charge in [0.1, 0.15) is 11.8 Å². The molecule has 3 heterocycles. The Bertz CT molecular complexity index is 1010. The molecule has 1 aromatic carbocycles. The van der Waals surface area contributed by atoms with E-state index in [9.17, 15) is 9.59 Å². The van der Waals surface area contributed by atoms with Crippen LogP contribution in [0.5, 0.6) is 0 Å². The van der Waals surface area contributed by atoms with Crippen molar-refractivity contribution in [3.05, 3.63) is 54.7 Å². The van der Waals surface area contributed by atoms with E-state index in [-0.39, 0.29) is 18.1 Å². The van der Waals surface area contributed by atoms with E-state index in [2.05, 4.69) is 20.6 Å². The molecule has 26 heavy (non-hydrogen) atoms. The summed E-state index contributed by atoms with van der Waals surface area (Å²) < 4.78 is 1.65. The van der Waals surface area contributed by atoms with E-state index in [1.54, 1.807) is 34.9 Å². The van der Waals surface area contributed by atoms with Crippen molar-refractivity contribution in [3.63, 3.8) is 0 Å². The summed E-state index contributed by atoms with van der Waals surface area (Å²) >= 11 is 0. The first-order valence-electron chi connectivity index (χ1n) is 7.95. The fourth-order valence-corrected chi connectivity index (χ4v) is 2.79. The minimum absolute atomic E-state index is 0.118. The molecular weight excluding hydrogens is 334 g/mol. The highest BCUT2D eigenvalue weighted by molar-refractivity contribution is 6.44. The van der Waals surface area contributed by atoms with Crippen molar-refractivity contribution >= 4 is 34.8 Å². The first-order chi connectivity index (χ1) is 12.6. The number of hydrazone groups is 1. The van der Waals surface area contributed by atoms with Crippen molar-refractivity contribution in [2.24, 2.45) is 10.8 Å². The van der Waals surface area contributed by atoms with Crippen LogP contribution in [0.25, 0.3) is 5.65 Å². The summed E-state index contributed by atoms with van der Waals surface area (Å²) in [6.07, 6.45) is 1.86. The number of carbonyl (C=O) groups excluding carboxylic acids is 2. The van der Waals surface area contributed by atoms with Crippen LogP contribution < -0.4 is 16.1 Å². The molecule has 2 aromatic heterocycles. The smallest absolute Gasteiger partial charge is 0.274 e. The lowest BCUT2D eigenvalue weighted by molar-refractivity contribution is -0.119. The molecule has 0 saturated carbocycles. The van der Waals surface area contributed by atoms with Crippen LogP contribution in [0.15, 0.2) is 59.8 Å². The minimum Gasteiger partial charge on any atom is -0.368 e. The molecular formula is C17H15N7O2. The number of pyridine rings is 1. The first kappa shape index (κ1) is 15.8. The molecule has 0 spiro atoms. The number of anilines is 2. The largest absolute Gasteiger partial charge is 0.368 e. The standard InChI is InChI=1S/C17H15N7O2/c18-15(25)13-10-12(22-24(13)11-6-2-1-3-7-11)16(26)19-17-21-20-14-8-4-5-9-23(14)17/h1-9,13H,10H2,(H2,18,25)(H,19,21,26)/t13-/m0/s1. The summed E-state index contributed by atoms with van der Waals surface area (Å²) in [6.45, 7) is 0. The maximum Gasteiger partial charge on any atom is 0.274 e. The normalized spacial score (nSPS) is 16.5. The molecule has 0 fully saturated rings. The van der Waals surface area contributed by atoms with Gasteiger partial charge >= 0.3 is 0 Å². The fourth-order valence-electron chi connectivity index (χ4n) is 2.79. The van der Waals surface area contributed by atoms with Crippen molar-refractivity contribution in [1.82, 2.24) is 14.6 Å². The Balaban J connectivity index is 1.60. The predicted molar refractivity (Wildman–Crippen MR) is 95.6 cm³/mol. The van der Waals surface area contributed by atoms with Gasteiger partial charge in [0.2, 0.25) is 11.9 Å². The molecule has 1 atom stereocenters. The SMILES string of the molecule is NC(=O)[C@@H]1CC(C(=O)Nc2nnc3ccccn23)=NN1c1ccccc1. The second-order valence-corrected chi connectivity index (χ2v) is 5.76. The van der Waals surface area contributed by atoms with Gasteiger partial charge in [-0.15, -0.1) is 10.2 Å². The highest BCUT2D eigenvalue weighted by Crippen LogP contribution is 2.24. The highest BCUT2D eigenvalue weighted by Gasteiger charge is 2.35. The van der Waals surface area contributed by atoms with E-state index < -0.39 is 17.9 Å². The molecule has 0 unspecified atom stereocenters. The first-order valence-corrected chi connectivity index (χ1v) is 7.95. The van der Waals surface area contributed by atoms with Gasteiger partial charge in [0.25, 0.3) is 5.91 Å². The number of primary amides is 1. The van der Waals surface area contributed by atoms with Crippen LogP contribution in [-0.4, -0.2) is 38.2 Å². The van der Waals surface area contributed by atoms with E-state index >= 15 is 0 Å². The van der Waals surface area contributed by atoms with Crippen molar-refractivity contribution in [3.8, 4) is 0 Å². The van der Waals surface area contributed by atoms with E-state index in [4.69, 9.17) is 5.73 Å². The van der Waals surface area contributed by atoms with Crippen LogP contribution >= 0.6 is 0 Å². The number of para-hydroxylation sites is 1. The zero-order chi connectivity index (χ0) is 18.1. The van der Waals surface area contributed by atoms with Gasteiger partial charge in [-0.05, 0) is 24.3 Å². The third-order valence-corrected chi connectivity index (χ3v) is 4.06. The Morgan fingerprint density at radius 3 is 2.62 bits per heavy atom. The van der Waals surface area contributed by atoms with Crippen LogP contribution in [-0.2, 0) is 9.59 Å². The van der Waals surface area contributed by atoms with Crippen molar-refractivity contribution in [2.45, 2.75) is 12.5 Å². The molecule has 3 aromatic rings. The topological polar surface area (TPSA) is 118 Å². The molecule has 4 rings (SSSR count). The van der Waals surface area contributed by atoms with Crippen LogP contribution in [0.2, 0.25) is 0 Å². The average molecular weight is 349 g/mol. The lowest BCUT2D eigenvalue weighted by Gasteiger charge is -2.20. The number of nitrogens with two attached hydrogens (primary N) is 1. The van der Waals surface area contributed by atoms with E-state index in [1.165, 1.54) is 5.01 Å². The molecule has 9 nitrogen and oxygen atoms in total. The van der Waals surface area contributed by atoms with Gasteiger partial charge < -0.3 is 5.73 Å². The molecule has 0 saturated heterocycles. The van der Waals surface area contributed by atoms with Gasteiger partial charge in [0.15, 0.2) is 5.65 Å². The Morgan fingerprint density at radius 1 is 1.08 bits per heavy atom. The van der Waals surface area contributed by atoms with Gasteiger partial charge in [-0.3, -0.25) is 24.3 Å². The van der Waals surface area contributed by atoms with Gasteiger partial charge in [0, 0.05) is 12.6 Å². The maximum absolute atomic E-state index is 12.6. The van der Waals surface area contributed by atoms with Gasteiger partial charge in [-0.1, -0.05) is 24.3 Å². The summed E-state index contributed by atoms with van der Waals surface area (Å²) in [5.41, 5.74) is 6.98. The van der Waals surface area contributed by atoms with Crippen molar-refractivity contribution in [1.29, 1.82) is 0 Å². The van der Waals surface area contributed by atoms with Crippen molar-refractivity contribution in [2.75, 3.05) is 10.3 Å². The van der Waals surface area contributed by atoms with Gasteiger partial charge in [0.05, 0.1) is 5.69 Å². The molecule has 0 radical (unpaired) electrons. The third-order valence-electron chi connectivity index (χ3n) is 4.06. The summed E-state index contributed by atoms with van der Waals surface area (Å²) in [6, 6.07) is 13.8. The number of rotatable bonds is 4. The molecule has 2 amide bonds. The van der Waals surface area contributed by atoms with Gasteiger partial charge in [-0.25, -0.2) is 0 Å². The van der Waals surface area contributed by atoms with E-state index in [0.29, 0.717) is 11.3 Å². The molecule has 1 aliphatic rings. The number of benzene rings is 1. The zero-order valence-electron chi connectivity index (χ0n) is 13.6.